The van der Waals surface area contributed by atoms with Crippen LogP contribution in [-0.4, -0.2) is 44.5 Å². The van der Waals surface area contributed by atoms with Gasteiger partial charge in [-0.1, -0.05) is 11.6 Å². The first-order chi connectivity index (χ1) is 21.3. The molecule has 1 N–H and O–H groups in total. The molecule has 2 aromatic carbocycles. The van der Waals surface area contributed by atoms with Crippen LogP contribution in [0.15, 0.2) is 53.9 Å². The van der Waals surface area contributed by atoms with Gasteiger partial charge in [0.15, 0.2) is 5.84 Å². The SMILES string of the molecule is [C-]#[N+]c1cc2c(nc1OCc1c(F)cc(Cl)cc1F)CN(Cc1nc3cc(C4=NC(=C)ON4)ccc3n1C[C@@H]1CCO1)CC2. The number of imidazole rings is 1. The minimum atomic E-state index is -0.822. The number of fused-ring (bicyclic) bond motifs is 2. The van der Waals surface area contributed by atoms with Crippen LogP contribution in [0.5, 0.6) is 5.88 Å². The second kappa shape index (κ2) is 11.5. The number of aromatic nitrogens is 3. The molecule has 13 heteroatoms. The van der Waals surface area contributed by atoms with Gasteiger partial charge in [0.1, 0.15) is 24.1 Å². The lowest BCUT2D eigenvalue weighted by Crippen LogP contribution is -2.34. The molecular weight excluding hydrogens is 592 g/mol. The predicted molar refractivity (Wildman–Crippen MR) is 158 cm³/mol. The van der Waals surface area contributed by atoms with Crippen molar-refractivity contribution in [3.63, 3.8) is 0 Å². The van der Waals surface area contributed by atoms with Gasteiger partial charge in [-0.15, -0.1) is 0 Å². The Hall–Kier alpha value is -4.57. The number of amidine groups is 1. The lowest BCUT2D eigenvalue weighted by atomic mass is 10.0. The van der Waals surface area contributed by atoms with Crippen LogP contribution in [0, 0.1) is 18.2 Å². The number of pyridine rings is 1. The van der Waals surface area contributed by atoms with Crippen molar-refractivity contribution < 1.29 is 23.1 Å². The van der Waals surface area contributed by atoms with E-state index in [-0.39, 0.29) is 28.3 Å². The minimum absolute atomic E-state index is 0.0337. The average molecular weight is 618 g/mol. The largest absolute Gasteiger partial charge is 0.481 e. The maximum Gasteiger partial charge on any atom is 0.247 e. The van der Waals surface area contributed by atoms with Gasteiger partial charge in [0.05, 0.1) is 48.1 Å². The molecule has 3 aliphatic heterocycles. The molecule has 224 valence electrons. The normalized spacial score (nSPS) is 17.8. The van der Waals surface area contributed by atoms with Gasteiger partial charge in [-0.3, -0.25) is 4.90 Å². The van der Waals surface area contributed by atoms with E-state index in [0.717, 1.165) is 65.4 Å². The number of ether oxygens (including phenoxy) is 2. The van der Waals surface area contributed by atoms with Crippen LogP contribution in [0.1, 0.15) is 34.6 Å². The van der Waals surface area contributed by atoms with Gasteiger partial charge in [0.2, 0.25) is 17.5 Å². The summed E-state index contributed by atoms with van der Waals surface area (Å²) >= 11 is 5.74. The number of nitrogens with one attached hydrogen (secondary N) is 1. The molecule has 2 aromatic heterocycles. The molecule has 0 bridgehead atoms. The lowest BCUT2D eigenvalue weighted by Gasteiger charge is -2.30. The van der Waals surface area contributed by atoms with Crippen LogP contribution in [-0.2, 0) is 42.2 Å². The molecule has 0 unspecified atom stereocenters. The third-order valence-electron chi connectivity index (χ3n) is 7.93. The maximum absolute atomic E-state index is 14.3. The van der Waals surface area contributed by atoms with Gasteiger partial charge < -0.3 is 18.9 Å². The first-order valence-corrected chi connectivity index (χ1v) is 14.4. The van der Waals surface area contributed by atoms with Crippen molar-refractivity contribution in [2.45, 2.75) is 45.2 Å². The zero-order valence-electron chi connectivity index (χ0n) is 23.4. The second-order valence-electron chi connectivity index (χ2n) is 10.8. The summed E-state index contributed by atoms with van der Waals surface area (Å²) in [7, 11) is 0. The highest BCUT2D eigenvalue weighted by Gasteiger charge is 2.26. The van der Waals surface area contributed by atoms with Crippen LogP contribution < -0.4 is 10.2 Å². The minimum Gasteiger partial charge on any atom is -0.481 e. The monoisotopic (exact) mass is 617 g/mol. The average Bonchev–Trinajstić information content (AvgIpc) is 3.56. The maximum atomic E-state index is 14.3. The molecule has 0 amide bonds. The molecule has 7 rings (SSSR count). The smallest absolute Gasteiger partial charge is 0.247 e. The summed E-state index contributed by atoms with van der Waals surface area (Å²) in [6, 6.07) is 9.76. The van der Waals surface area contributed by atoms with Gasteiger partial charge in [0.25, 0.3) is 0 Å². The van der Waals surface area contributed by atoms with Crippen molar-refractivity contribution in [2.75, 3.05) is 13.2 Å². The molecule has 10 nitrogen and oxygen atoms in total. The number of hydrogen-bond donors (Lipinski definition) is 1. The van der Waals surface area contributed by atoms with E-state index in [1.54, 1.807) is 6.07 Å². The molecule has 3 aliphatic rings. The van der Waals surface area contributed by atoms with E-state index in [0.29, 0.717) is 37.8 Å². The second-order valence-corrected chi connectivity index (χ2v) is 11.2. The molecule has 1 fully saturated rings. The van der Waals surface area contributed by atoms with Crippen LogP contribution >= 0.6 is 11.6 Å². The van der Waals surface area contributed by atoms with Gasteiger partial charge in [-0.2, -0.15) is 4.99 Å². The standard InChI is InChI=1S/C31H26ClF2N7O3/c1-17-36-30(39-44-17)19-3-4-28-25(10-19)37-29(41(28)13-21-6-8-42-21)15-40-7-5-18-9-26(35-2)31(38-27(18)14-40)43-16-22-23(33)11-20(32)12-24(22)34/h3-4,9-12,21H,1,5-8,13-16H2,(H,36,39)/t21-/m0/s1. The molecule has 44 heavy (non-hydrogen) atoms. The van der Waals surface area contributed by atoms with E-state index in [4.69, 9.17) is 37.5 Å². The fraction of sp³-hybridized carbons (Fsp3) is 0.290. The van der Waals surface area contributed by atoms with Crippen molar-refractivity contribution in [2.24, 2.45) is 4.99 Å². The van der Waals surface area contributed by atoms with Gasteiger partial charge in [-0.25, -0.2) is 29.1 Å². The Labute approximate surface area is 256 Å². The molecule has 4 aromatic rings. The number of rotatable bonds is 8. The summed E-state index contributed by atoms with van der Waals surface area (Å²) in [6.07, 6.45) is 1.81. The Kier molecular flexibility index (Phi) is 7.37. The van der Waals surface area contributed by atoms with E-state index in [1.807, 2.05) is 18.2 Å². The molecule has 0 radical (unpaired) electrons. The molecule has 1 atom stereocenters. The molecule has 1 saturated heterocycles. The molecular formula is C31H26ClF2N7O3. The van der Waals surface area contributed by atoms with Crippen LogP contribution in [0.25, 0.3) is 15.9 Å². The van der Waals surface area contributed by atoms with Crippen LogP contribution in [0.4, 0.5) is 14.5 Å². The Morgan fingerprint density at radius 2 is 2.00 bits per heavy atom. The summed E-state index contributed by atoms with van der Waals surface area (Å²) in [5.41, 5.74) is 7.04. The predicted octanol–water partition coefficient (Wildman–Crippen LogP) is 5.59. The Morgan fingerprint density at radius 1 is 1.18 bits per heavy atom. The third-order valence-corrected chi connectivity index (χ3v) is 8.15. The van der Waals surface area contributed by atoms with Crippen molar-refractivity contribution in [3.8, 4) is 5.88 Å². The zero-order valence-corrected chi connectivity index (χ0v) is 24.2. The molecule has 0 aliphatic carbocycles. The number of hydrogen-bond acceptors (Lipinski definition) is 8. The quantitative estimate of drug-likeness (QED) is 0.258. The Bertz CT molecular complexity index is 1860. The number of nitrogens with zero attached hydrogens (tertiary/aromatic N) is 6. The highest BCUT2D eigenvalue weighted by molar-refractivity contribution is 6.30. The van der Waals surface area contributed by atoms with E-state index in [1.165, 1.54) is 0 Å². The summed E-state index contributed by atoms with van der Waals surface area (Å²) in [4.78, 5) is 24.9. The van der Waals surface area contributed by atoms with E-state index in [9.17, 15) is 8.78 Å². The lowest BCUT2D eigenvalue weighted by molar-refractivity contribution is -0.0592. The number of aliphatic imine (C=N–C) groups is 1. The van der Waals surface area contributed by atoms with Crippen molar-refractivity contribution in [1.82, 2.24) is 24.9 Å². The van der Waals surface area contributed by atoms with Crippen LogP contribution in [0.3, 0.4) is 0 Å². The highest BCUT2D eigenvalue weighted by atomic mass is 35.5. The Balaban J connectivity index is 1.14. The summed E-state index contributed by atoms with van der Waals surface area (Å²) in [5.74, 6) is 0.155. The fourth-order valence-corrected chi connectivity index (χ4v) is 5.73. The number of halogens is 3. The zero-order chi connectivity index (χ0) is 30.4. The van der Waals surface area contributed by atoms with Crippen LogP contribution in [0.2, 0.25) is 5.02 Å². The molecule has 0 saturated carbocycles. The Morgan fingerprint density at radius 3 is 2.70 bits per heavy atom. The van der Waals surface area contributed by atoms with Crippen molar-refractivity contribution in [3.05, 3.63) is 105 Å². The fourth-order valence-electron chi connectivity index (χ4n) is 5.54. The van der Waals surface area contributed by atoms with Gasteiger partial charge in [-0.05, 0) is 61.4 Å². The summed E-state index contributed by atoms with van der Waals surface area (Å²) < 4.78 is 42.3. The van der Waals surface area contributed by atoms with E-state index in [2.05, 4.69) is 36.3 Å². The van der Waals surface area contributed by atoms with Crippen molar-refractivity contribution >= 4 is 34.2 Å². The first kappa shape index (κ1) is 28.2. The molecule has 0 spiro atoms. The van der Waals surface area contributed by atoms with Gasteiger partial charge in [0, 0.05) is 30.3 Å². The third kappa shape index (κ3) is 5.45. The van der Waals surface area contributed by atoms with Crippen molar-refractivity contribution in [1.29, 1.82) is 0 Å². The summed E-state index contributed by atoms with van der Waals surface area (Å²) in [6.45, 7) is 14.1. The topological polar surface area (TPSA) is 90.4 Å². The summed E-state index contributed by atoms with van der Waals surface area (Å²) in [5, 5.41) is -0.0483. The number of hydroxylamine groups is 1. The number of benzene rings is 2. The van der Waals surface area contributed by atoms with Gasteiger partial charge >= 0.3 is 0 Å². The highest BCUT2D eigenvalue weighted by Crippen LogP contribution is 2.33. The van der Waals surface area contributed by atoms with E-state index < -0.39 is 18.2 Å². The van der Waals surface area contributed by atoms with E-state index >= 15 is 0 Å². The first-order valence-electron chi connectivity index (χ1n) is 14.0. The molecule has 5 heterocycles.